The molecule has 0 atom stereocenters. The average molecular weight is 241 g/mol. The fraction of sp³-hybridized carbons (Fsp3) is 0. The third kappa shape index (κ3) is 2.36. The highest BCUT2D eigenvalue weighted by molar-refractivity contribution is 5.75. The lowest BCUT2D eigenvalue weighted by Gasteiger charge is -2.07. The van der Waals surface area contributed by atoms with E-state index in [0.29, 0.717) is 17.6 Å². The molecule has 0 aliphatic carbocycles. The van der Waals surface area contributed by atoms with E-state index in [1.165, 1.54) is 24.3 Å². The van der Waals surface area contributed by atoms with E-state index in [4.69, 9.17) is 10.00 Å². The predicted octanol–water partition coefficient (Wildman–Crippen LogP) is 3.30. The van der Waals surface area contributed by atoms with Gasteiger partial charge in [0.1, 0.15) is 35.2 Å². The Balaban J connectivity index is 2.37. The van der Waals surface area contributed by atoms with Crippen LogP contribution in [-0.4, -0.2) is 6.29 Å². The number of nitrogens with zero attached hydrogens (tertiary/aromatic N) is 1. The summed E-state index contributed by atoms with van der Waals surface area (Å²) in [4.78, 5) is 10.6. The highest BCUT2D eigenvalue weighted by Crippen LogP contribution is 2.26. The molecule has 0 aromatic heterocycles. The van der Waals surface area contributed by atoms with Gasteiger partial charge >= 0.3 is 0 Å². The largest absolute Gasteiger partial charge is 0.456 e. The lowest BCUT2D eigenvalue weighted by Crippen LogP contribution is -1.92. The molecule has 2 rings (SSSR count). The number of ether oxygens (including phenoxy) is 1. The van der Waals surface area contributed by atoms with Crippen molar-refractivity contribution >= 4 is 6.29 Å². The summed E-state index contributed by atoms with van der Waals surface area (Å²) in [7, 11) is 0. The third-order valence-electron chi connectivity index (χ3n) is 2.31. The smallest absolute Gasteiger partial charge is 0.150 e. The van der Waals surface area contributed by atoms with Crippen molar-refractivity contribution in [3.8, 4) is 17.6 Å². The van der Waals surface area contributed by atoms with Crippen LogP contribution in [-0.2, 0) is 0 Å². The van der Waals surface area contributed by atoms with Gasteiger partial charge in [-0.3, -0.25) is 4.79 Å². The van der Waals surface area contributed by atoms with Crippen LogP contribution < -0.4 is 4.74 Å². The van der Waals surface area contributed by atoms with Gasteiger partial charge in [0, 0.05) is 5.56 Å². The maximum Gasteiger partial charge on any atom is 0.150 e. The molecule has 2 aromatic rings. The Labute approximate surface area is 103 Å². The first-order chi connectivity index (χ1) is 8.74. The highest BCUT2D eigenvalue weighted by Gasteiger charge is 2.09. The SMILES string of the molecule is N#Cc1c(F)cccc1Oc1cccc(C=O)c1. The Bertz CT molecular complexity index is 632. The van der Waals surface area contributed by atoms with Crippen molar-refractivity contribution in [1.29, 1.82) is 5.26 Å². The Kier molecular flexibility index (Phi) is 3.35. The van der Waals surface area contributed by atoms with Gasteiger partial charge in [0.2, 0.25) is 0 Å². The highest BCUT2D eigenvalue weighted by atomic mass is 19.1. The molecule has 0 fully saturated rings. The summed E-state index contributed by atoms with van der Waals surface area (Å²) in [6.45, 7) is 0. The van der Waals surface area contributed by atoms with Gasteiger partial charge in [-0.1, -0.05) is 18.2 Å². The molecule has 0 N–H and O–H groups in total. The molecule has 3 nitrogen and oxygen atoms in total. The van der Waals surface area contributed by atoms with Crippen molar-refractivity contribution in [3.05, 3.63) is 59.4 Å². The van der Waals surface area contributed by atoms with E-state index in [2.05, 4.69) is 0 Å². The van der Waals surface area contributed by atoms with E-state index in [1.54, 1.807) is 24.3 Å². The molecule has 0 saturated heterocycles. The van der Waals surface area contributed by atoms with Gasteiger partial charge in [-0.2, -0.15) is 5.26 Å². The second-order valence-electron chi connectivity index (χ2n) is 3.52. The monoisotopic (exact) mass is 241 g/mol. The molecule has 0 saturated carbocycles. The Hall–Kier alpha value is -2.67. The van der Waals surface area contributed by atoms with Crippen molar-refractivity contribution in [1.82, 2.24) is 0 Å². The summed E-state index contributed by atoms with van der Waals surface area (Å²) >= 11 is 0. The van der Waals surface area contributed by atoms with E-state index in [1.807, 2.05) is 0 Å². The first kappa shape index (κ1) is 11.8. The Morgan fingerprint density at radius 3 is 2.72 bits per heavy atom. The molecular weight excluding hydrogens is 233 g/mol. The molecule has 4 heteroatoms. The number of hydrogen-bond donors (Lipinski definition) is 0. The second-order valence-corrected chi connectivity index (χ2v) is 3.52. The minimum absolute atomic E-state index is 0.126. The van der Waals surface area contributed by atoms with Gasteiger partial charge in [-0.15, -0.1) is 0 Å². The molecule has 0 aliphatic heterocycles. The van der Waals surface area contributed by atoms with Crippen LogP contribution >= 0.6 is 0 Å². The summed E-state index contributed by atoms with van der Waals surface area (Å²) in [6.07, 6.45) is 0.684. The lowest BCUT2D eigenvalue weighted by molar-refractivity contribution is 0.112. The Morgan fingerprint density at radius 2 is 2.00 bits per heavy atom. The second kappa shape index (κ2) is 5.11. The zero-order valence-corrected chi connectivity index (χ0v) is 9.26. The minimum Gasteiger partial charge on any atom is -0.456 e. The van der Waals surface area contributed by atoms with Crippen LogP contribution in [0, 0.1) is 17.1 Å². The van der Waals surface area contributed by atoms with E-state index in [-0.39, 0.29) is 11.3 Å². The fourth-order valence-electron chi connectivity index (χ4n) is 1.48. The molecule has 18 heavy (non-hydrogen) atoms. The van der Waals surface area contributed by atoms with Crippen molar-refractivity contribution in [2.75, 3.05) is 0 Å². The van der Waals surface area contributed by atoms with Crippen molar-refractivity contribution in [2.45, 2.75) is 0 Å². The van der Waals surface area contributed by atoms with E-state index >= 15 is 0 Å². The van der Waals surface area contributed by atoms with E-state index in [0.717, 1.165) is 0 Å². The summed E-state index contributed by atoms with van der Waals surface area (Å²) in [5, 5.41) is 8.85. The zero-order chi connectivity index (χ0) is 13.0. The summed E-state index contributed by atoms with van der Waals surface area (Å²) in [6, 6.07) is 12.3. The van der Waals surface area contributed by atoms with Gasteiger partial charge < -0.3 is 4.74 Å². The molecule has 2 aromatic carbocycles. The zero-order valence-electron chi connectivity index (χ0n) is 9.26. The van der Waals surface area contributed by atoms with Crippen molar-refractivity contribution in [2.24, 2.45) is 0 Å². The number of aldehydes is 1. The summed E-state index contributed by atoms with van der Waals surface area (Å²) < 4.78 is 18.7. The van der Waals surface area contributed by atoms with Gasteiger partial charge in [-0.25, -0.2) is 4.39 Å². The standard InChI is InChI=1S/C14H8FNO2/c15-13-5-2-6-14(12(13)8-16)18-11-4-1-3-10(7-11)9-17/h1-7,9H. The van der Waals surface area contributed by atoms with Gasteiger partial charge in [0.05, 0.1) is 0 Å². The molecule has 0 spiro atoms. The minimum atomic E-state index is -0.637. The van der Waals surface area contributed by atoms with E-state index < -0.39 is 5.82 Å². The van der Waals surface area contributed by atoms with E-state index in [9.17, 15) is 9.18 Å². The topological polar surface area (TPSA) is 50.1 Å². The number of nitriles is 1. The van der Waals surface area contributed by atoms with Gasteiger partial charge in [0.15, 0.2) is 0 Å². The molecule has 0 aliphatic rings. The Morgan fingerprint density at radius 1 is 1.22 bits per heavy atom. The van der Waals surface area contributed by atoms with Gasteiger partial charge in [-0.05, 0) is 24.3 Å². The molecule has 0 bridgehead atoms. The lowest BCUT2D eigenvalue weighted by atomic mass is 10.2. The molecule has 0 amide bonds. The first-order valence-corrected chi connectivity index (χ1v) is 5.16. The number of halogens is 1. The summed E-state index contributed by atoms with van der Waals surface area (Å²) in [5.74, 6) is -0.135. The molecule has 0 unspecified atom stereocenters. The van der Waals surface area contributed by atoms with Crippen LogP contribution in [0.5, 0.6) is 11.5 Å². The van der Waals surface area contributed by atoms with Crippen LogP contribution in [0.15, 0.2) is 42.5 Å². The predicted molar refractivity (Wildman–Crippen MR) is 63.0 cm³/mol. The third-order valence-corrected chi connectivity index (χ3v) is 2.31. The van der Waals surface area contributed by atoms with Crippen molar-refractivity contribution in [3.63, 3.8) is 0 Å². The number of carbonyl (C=O) groups is 1. The maximum absolute atomic E-state index is 13.3. The van der Waals surface area contributed by atoms with Crippen LogP contribution in [0.3, 0.4) is 0 Å². The number of benzene rings is 2. The first-order valence-electron chi connectivity index (χ1n) is 5.16. The summed E-state index contributed by atoms with van der Waals surface area (Å²) in [5.41, 5.74) is 0.288. The molecule has 88 valence electrons. The van der Waals surface area contributed by atoms with Crippen LogP contribution in [0.25, 0.3) is 0 Å². The maximum atomic E-state index is 13.3. The molecule has 0 radical (unpaired) electrons. The van der Waals surface area contributed by atoms with Gasteiger partial charge in [0.25, 0.3) is 0 Å². The average Bonchev–Trinajstić information content (AvgIpc) is 2.39. The molecule has 0 heterocycles. The number of hydrogen-bond acceptors (Lipinski definition) is 3. The van der Waals surface area contributed by atoms with Crippen LogP contribution in [0.4, 0.5) is 4.39 Å². The fourth-order valence-corrected chi connectivity index (χ4v) is 1.48. The van der Waals surface area contributed by atoms with Crippen LogP contribution in [0.2, 0.25) is 0 Å². The number of rotatable bonds is 3. The quantitative estimate of drug-likeness (QED) is 0.774. The van der Waals surface area contributed by atoms with Crippen molar-refractivity contribution < 1.29 is 13.9 Å². The van der Waals surface area contributed by atoms with Crippen LogP contribution in [0.1, 0.15) is 15.9 Å². The molecular formula is C14H8FNO2. The number of carbonyl (C=O) groups excluding carboxylic acids is 1. The normalized spacial score (nSPS) is 9.56.